The second kappa shape index (κ2) is 7.87. The summed E-state index contributed by atoms with van der Waals surface area (Å²) in [6.45, 7) is 0. The molecule has 0 radical (unpaired) electrons. The molecule has 1 N–H and O–H groups in total. The number of hydrogen-bond donors (Lipinski definition) is 1. The third kappa shape index (κ3) is 4.51. The Morgan fingerprint density at radius 2 is 1.41 bits per heavy atom. The zero-order chi connectivity index (χ0) is 19.4. The van der Waals surface area contributed by atoms with E-state index in [1.165, 1.54) is 12.1 Å². The van der Waals surface area contributed by atoms with E-state index in [1.807, 2.05) is 30.3 Å². The summed E-state index contributed by atoms with van der Waals surface area (Å²) in [6.07, 6.45) is 0. The van der Waals surface area contributed by atoms with Gasteiger partial charge in [0, 0.05) is 17.2 Å². The molecule has 0 saturated carbocycles. The molecule has 0 unspecified atom stereocenters. The van der Waals surface area contributed by atoms with Crippen molar-refractivity contribution >= 4 is 27.3 Å². The maximum atomic E-state index is 12.8. The van der Waals surface area contributed by atoms with Crippen LogP contribution in [0.4, 0.5) is 5.69 Å². The quantitative estimate of drug-likeness (QED) is 0.491. The Balaban J connectivity index is 1.98. The van der Waals surface area contributed by atoms with Gasteiger partial charge in [-0.05, 0) is 35.4 Å². The lowest BCUT2D eigenvalue weighted by Crippen LogP contribution is -2.29. The number of nitrogens with one attached hydrogen (secondary N) is 1. The Labute approximate surface area is 161 Å². The third-order valence-corrected chi connectivity index (χ3v) is 5.66. The number of sulfonamides is 1. The van der Waals surface area contributed by atoms with Gasteiger partial charge < -0.3 is 0 Å². The Kier molecular flexibility index (Phi) is 5.55. The molecule has 0 spiro atoms. The van der Waals surface area contributed by atoms with Crippen LogP contribution in [0.25, 0.3) is 0 Å². The fourth-order valence-corrected chi connectivity index (χ4v) is 3.94. The molecule has 0 fully saturated rings. The molecule has 3 rings (SSSR count). The number of halogens is 1. The maximum absolute atomic E-state index is 12.8. The van der Waals surface area contributed by atoms with Gasteiger partial charge in [0.15, 0.2) is 0 Å². The van der Waals surface area contributed by atoms with E-state index in [0.717, 1.165) is 23.3 Å². The minimum Gasteiger partial charge on any atom is -0.258 e. The third-order valence-electron chi connectivity index (χ3n) is 3.97. The summed E-state index contributed by atoms with van der Waals surface area (Å²) in [5.74, 6) is 0. The van der Waals surface area contributed by atoms with Crippen molar-refractivity contribution in [2.45, 2.75) is 10.9 Å². The smallest absolute Gasteiger partial charge is 0.258 e. The minimum absolute atomic E-state index is 0.0528. The molecule has 27 heavy (non-hydrogen) atoms. The molecule has 0 amide bonds. The first-order valence-corrected chi connectivity index (χ1v) is 9.80. The van der Waals surface area contributed by atoms with Gasteiger partial charge >= 0.3 is 0 Å². The number of rotatable bonds is 6. The molecule has 0 aliphatic carbocycles. The van der Waals surface area contributed by atoms with E-state index in [1.54, 1.807) is 24.3 Å². The second-order valence-electron chi connectivity index (χ2n) is 5.77. The van der Waals surface area contributed by atoms with E-state index in [0.29, 0.717) is 5.02 Å². The summed E-state index contributed by atoms with van der Waals surface area (Å²) in [5.41, 5.74) is 1.30. The zero-order valence-corrected chi connectivity index (χ0v) is 15.5. The van der Waals surface area contributed by atoms with E-state index in [2.05, 4.69) is 4.72 Å². The van der Waals surface area contributed by atoms with E-state index < -0.39 is 21.0 Å². The molecule has 0 saturated heterocycles. The van der Waals surface area contributed by atoms with Crippen LogP contribution in [0, 0.1) is 10.1 Å². The van der Waals surface area contributed by atoms with Crippen molar-refractivity contribution in [3.63, 3.8) is 0 Å². The molecule has 0 aliphatic heterocycles. The van der Waals surface area contributed by atoms with Crippen molar-refractivity contribution in [1.82, 2.24) is 4.72 Å². The lowest BCUT2D eigenvalue weighted by molar-refractivity contribution is -0.384. The van der Waals surface area contributed by atoms with E-state index in [4.69, 9.17) is 11.6 Å². The summed E-state index contributed by atoms with van der Waals surface area (Å²) in [4.78, 5) is 10.1. The Bertz CT molecular complexity index is 1040. The van der Waals surface area contributed by atoms with Gasteiger partial charge in [-0.15, -0.1) is 0 Å². The van der Waals surface area contributed by atoms with Crippen LogP contribution in [-0.4, -0.2) is 13.3 Å². The van der Waals surface area contributed by atoms with Gasteiger partial charge in [0.2, 0.25) is 10.0 Å². The van der Waals surface area contributed by atoms with Crippen molar-refractivity contribution in [1.29, 1.82) is 0 Å². The molecule has 3 aromatic carbocycles. The number of nitro benzene ring substituents is 1. The van der Waals surface area contributed by atoms with Crippen LogP contribution in [-0.2, 0) is 10.0 Å². The number of nitro groups is 1. The van der Waals surface area contributed by atoms with Crippen molar-refractivity contribution in [3.8, 4) is 0 Å². The van der Waals surface area contributed by atoms with Crippen molar-refractivity contribution in [2.24, 2.45) is 0 Å². The molecule has 3 aromatic rings. The predicted octanol–water partition coefficient (Wildman–Crippen LogP) is 4.32. The first-order chi connectivity index (χ1) is 12.9. The van der Waals surface area contributed by atoms with Crippen molar-refractivity contribution < 1.29 is 13.3 Å². The van der Waals surface area contributed by atoms with Crippen LogP contribution in [0.15, 0.2) is 83.8 Å². The van der Waals surface area contributed by atoms with E-state index in [9.17, 15) is 18.5 Å². The van der Waals surface area contributed by atoms with Gasteiger partial charge in [-0.1, -0.05) is 54.1 Å². The second-order valence-corrected chi connectivity index (χ2v) is 7.92. The predicted molar refractivity (Wildman–Crippen MR) is 103 cm³/mol. The number of nitrogens with zero attached hydrogens (tertiary/aromatic N) is 1. The fraction of sp³-hybridized carbons (Fsp3) is 0.0526. The summed E-state index contributed by atoms with van der Waals surface area (Å²) < 4.78 is 28.3. The molecule has 0 bridgehead atoms. The minimum atomic E-state index is -3.91. The first kappa shape index (κ1) is 19.0. The number of non-ortho nitro benzene ring substituents is 1. The van der Waals surface area contributed by atoms with Gasteiger partial charge in [-0.25, -0.2) is 8.42 Å². The summed E-state index contributed by atoms with van der Waals surface area (Å²) >= 11 is 5.94. The highest BCUT2D eigenvalue weighted by Crippen LogP contribution is 2.26. The van der Waals surface area contributed by atoms with Crippen LogP contribution in [0.1, 0.15) is 17.2 Å². The largest absolute Gasteiger partial charge is 0.269 e. The highest BCUT2D eigenvalue weighted by Gasteiger charge is 2.23. The highest BCUT2D eigenvalue weighted by atomic mass is 35.5. The summed E-state index contributed by atoms with van der Waals surface area (Å²) in [6, 6.07) is 20.1. The molecule has 0 heterocycles. The topological polar surface area (TPSA) is 89.3 Å². The van der Waals surface area contributed by atoms with Gasteiger partial charge in [0.1, 0.15) is 0 Å². The van der Waals surface area contributed by atoms with Crippen molar-refractivity contribution in [2.75, 3.05) is 0 Å². The number of benzene rings is 3. The van der Waals surface area contributed by atoms with Crippen LogP contribution in [0.3, 0.4) is 0 Å². The zero-order valence-electron chi connectivity index (χ0n) is 13.9. The molecular formula is C19H15ClN2O4S. The highest BCUT2D eigenvalue weighted by molar-refractivity contribution is 7.89. The van der Waals surface area contributed by atoms with E-state index >= 15 is 0 Å². The lowest BCUT2D eigenvalue weighted by Gasteiger charge is -2.20. The van der Waals surface area contributed by atoms with Crippen LogP contribution >= 0.6 is 11.6 Å². The van der Waals surface area contributed by atoms with Crippen LogP contribution in [0.2, 0.25) is 5.02 Å². The normalized spacial score (nSPS) is 12.5. The maximum Gasteiger partial charge on any atom is 0.269 e. The molecule has 6 nitrogen and oxygen atoms in total. The molecule has 0 aromatic heterocycles. The summed E-state index contributed by atoms with van der Waals surface area (Å²) in [5, 5.41) is 11.3. The van der Waals surface area contributed by atoms with Gasteiger partial charge in [-0.2, -0.15) is 4.72 Å². The Morgan fingerprint density at radius 3 is 1.96 bits per heavy atom. The molecule has 8 heteroatoms. The van der Waals surface area contributed by atoms with Gasteiger partial charge in [0.05, 0.1) is 15.9 Å². The van der Waals surface area contributed by atoms with Gasteiger partial charge in [-0.3, -0.25) is 10.1 Å². The lowest BCUT2D eigenvalue weighted by atomic mass is 10.00. The van der Waals surface area contributed by atoms with E-state index in [-0.39, 0.29) is 10.6 Å². The fourth-order valence-electron chi connectivity index (χ4n) is 2.60. The monoisotopic (exact) mass is 402 g/mol. The Hall–Kier alpha value is -2.74. The Morgan fingerprint density at radius 1 is 0.852 bits per heavy atom. The standard InChI is InChI=1S/C19H15ClN2O4S/c20-16-8-6-15(7-9-16)19(14-4-2-1-3-5-14)21-27(25,26)18-12-10-17(11-13-18)22(23)24/h1-13,19,21H/t19-/m1/s1. The molecule has 0 aliphatic rings. The molecule has 1 atom stereocenters. The number of hydrogen-bond acceptors (Lipinski definition) is 4. The van der Waals surface area contributed by atoms with Crippen molar-refractivity contribution in [3.05, 3.63) is 105 Å². The average molecular weight is 403 g/mol. The molecule has 138 valence electrons. The first-order valence-electron chi connectivity index (χ1n) is 7.94. The van der Waals surface area contributed by atoms with Crippen LogP contribution < -0.4 is 4.72 Å². The molecular weight excluding hydrogens is 388 g/mol. The average Bonchev–Trinajstić information content (AvgIpc) is 2.68. The summed E-state index contributed by atoms with van der Waals surface area (Å²) in [7, 11) is -3.91. The SMILES string of the molecule is O=[N+]([O-])c1ccc(S(=O)(=O)N[C@H](c2ccccc2)c2ccc(Cl)cc2)cc1. The van der Waals surface area contributed by atoms with Crippen LogP contribution in [0.5, 0.6) is 0 Å². The van der Waals surface area contributed by atoms with Gasteiger partial charge in [0.25, 0.3) is 5.69 Å².